The summed E-state index contributed by atoms with van der Waals surface area (Å²) in [5.41, 5.74) is 1.14. The SMILES string of the molecule is C=CCCCN(C)C(=NCC(c1ccc(OC)c(OC)c1)N(C)C)NCC.I. The molecule has 0 aliphatic carbocycles. The summed E-state index contributed by atoms with van der Waals surface area (Å²) in [4.78, 5) is 9.23. The summed E-state index contributed by atoms with van der Waals surface area (Å²) in [6, 6.07) is 6.18. The smallest absolute Gasteiger partial charge is 0.193 e. The normalized spacial score (nSPS) is 12.2. The molecule has 0 saturated carbocycles. The van der Waals surface area contributed by atoms with Crippen molar-refractivity contribution in [3.8, 4) is 11.5 Å². The van der Waals surface area contributed by atoms with Crippen molar-refractivity contribution in [2.75, 3.05) is 55.0 Å². The molecule has 1 rings (SSSR count). The van der Waals surface area contributed by atoms with Crippen molar-refractivity contribution in [2.45, 2.75) is 25.8 Å². The first-order valence-electron chi connectivity index (χ1n) is 9.47. The van der Waals surface area contributed by atoms with Gasteiger partial charge in [0.05, 0.1) is 26.8 Å². The molecule has 0 bridgehead atoms. The summed E-state index contributed by atoms with van der Waals surface area (Å²) in [7, 11) is 9.52. The van der Waals surface area contributed by atoms with E-state index in [-0.39, 0.29) is 30.0 Å². The fraction of sp³-hybridized carbons (Fsp3) is 0.571. The molecule has 1 aromatic carbocycles. The zero-order valence-corrected chi connectivity index (χ0v) is 20.5. The van der Waals surface area contributed by atoms with Gasteiger partial charge in [-0.15, -0.1) is 30.6 Å². The predicted molar refractivity (Wildman–Crippen MR) is 129 cm³/mol. The molecule has 0 fully saturated rings. The quantitative estimate of drug-likeness (QED) is 0.163. The van der Waals surface area contributed by atoms with Crippen LogP contribution in [0.15, 0.2) is 35.8 Å². The first kappa shape index (κ1) is 26.5. The first-order valence-corrected chi connectivity index (χ1v) is 9.47. The highest BCUT2D eigenvalue weighted by atomic mass is 127. The van der Waals surface area contributed by atoms with Crippen LogP contribution in [0.4, 0.5) is 0 Å². The highest BCUT2D eigenvalue weighted by Crippen LogP contribution is 2.31. The lowest BCUT2D eigenvalue weighted by Gasteiger charge is -2.26. The van der Waals surface area contributed by atoms with Crippen LogP contribution in [-0.4, -0.2) is 70.8 Å². The second-order valence-corrected chi connectivity index (χ2v) is 6.64. The maximum absolute atomic E-state index is 5.46. The molecule has 0 spiro atoms. The Morgan fingerprint density at radius 1 is 1.21 bits per heavy atom. The number of hydrogen-bond donors (Lipinski definition) is 1. The van der Waals surface area contributed by atoms with Gasteiger partial charge in [0, 0.05) is 20.1 Å². The van der Waals surface area contributed by atoms with Crippen LogP contribution in [0.5, 0.6) is 11.5 Å². The van der Waals surface area contributed by atoms with Gasteiger partial charge in [0.1, 0.15) is 0 Å². The van der Waals surface area contributed by atoms with Crippen molar-refractivity contribution < 1.29 is 9.47 Å². The lowest BCUT2D eigenvalue weighted by Crippen LogP contribution is -2.40. The third-order valence-corrected chi connectivity index (χ3v) is 4.43. The molecule has 160 valence electrons. The van der Waals surface area contributed by atoms with Crippen LogP contribution in [-0.2, 0) is 0 Å². The highest BCUT2D eigenvalue weighted by molar-refractivity contribution is 14.0. The average Bonchev–Trinajstić information content (AvgIpc) is 2.66. The van der Waals surface area contributed by atoms with E-state index < -0.39 is 0 Å². The summed E-state index contributed by atoms with van der Waals surface area (Å²) in [5.74, 6) is 2.39. The van der Waals surface area contributed by atoms with Crippen LogP contribution >= 0.6 is 24.0 Å². The number of guanidine groups is 1. The molecule has 6 nitrogen and oxygen atoms in total. The van der Waals surface area contributed by atoms with Gasteiger partial charge in [-0.3, -0.25) is 4.99 Å². The standard InChI is InChI=1S/C21H36N4O2.HI/c1-8-10-11-14-25(5)21(22-9-2)23-16-18(24(3)4)17-12-13-19(26-6)20(15-17)27-7;/h8,12-13,15,18H,1,9-11,14,16H2,2-7H3,(H,22,23);1H. The number of unbranched alkanes of at least 4 members (excludes halogenated alkanes) is 1. The zero-order chi connectivity index (χ0) is 20.2. The molecule has 1 unspecified atom stereocenters. The minimum absolute atomic E-state index is 0. The molecule has 0 aliphatic heterocycles. The largest absolute Gasteiger partial charge is 0.493 e. The number of likely N-dealkylation sites (N-methyl/N-ethyl adjacent to an activating group) is 1. The molecule has 7 heteroatoms. The van der Waals surface area contributed by atoms with E-state index in [1.807, 2.05) is 18.2 Å². The van der Waals surface area contributed by atoms with Gasteiger partial charge in [-0.1, -0.05) is 12.1 Å². The van der Waals surface area contributed by atoms with Gasteiger partial charge < -0.3 is 24.6 Å². The van der Waals surface area contributed by atoms with Gasteiger partial charge in [-0.25, -0.2) is 0 Å². The summed E-state index contributed by atoms with van der Waals surface area (Å²) >= 11 is 0. The number of ether oxygens (including phenoxy) is 2. The Morgan fingerprint density at radius 3 is 2.43 bits per heavy atom. The van der Waals surface area contributed by atoms with Gasteiger partial charge in [0.2, 0.25) is 0 Å². The van der Waals surface area contributed by atoms with Crippen LogP contribution in [0.25, 0.3) is 0 Å². The number of allylic oxidation sites excluding steroid dienone is 1. The molecule has 0 aromatic heterocycles. The van der Waals surface area contributed by atoms with Crippen molar-refractivity contribution in [2.24, 2.45) is 4.99 Å². The van der Waals surface area contributed by atoms with E-state index in [1.54, 1.807) is 14.2 Å². The summed E-state index contributed by atoms with van der Waals surface area (Å²) < 4.78 is 10.8. The number of methoxy groups -OCH3 is 2. The summed E-state index contributed by atoms with van der Waals surface area (Å²) in [6.07, 6.45) is 4.03. The second kappa shape index (κ2) is 14.5. The Labute approximate surface area is 188 Å². The van der Waals surface area contributed by atoms with Crippen LogP contribution in [0.2, 0.25) is 0 Å². The molecule has 0 radical (unpaired) electrons. The van der Waals surface area contributed by atoms with Crippen molar-refractivity contribution in [3.63, 3.8) is 0 Å². The highest BCUT2D eigenvalue weighted by Gasteiger charge is 2.17. The Balaban J connectivity index is 0.00000729. The number of nitrogens with one attached hydrogen (secondary N) is 1. The van der Waals surface area contributed by atoms with Crippen molar-refractivity contribution in [1.82, 2.24) is 15.1 Å². The topological polar surface area (TPSA) is 49.3 Å². The maximum Gasteiger partial charge on any atom is 0.193 e. The fourth-order valence-corrected chi connectivity index (χ4v) is 2.85. The Bertz CT molecular complexity index is 608. The number of aliphatic imine (C=N–C) groups is 1. The molecule has 1 atom stereocenters. The number of hydrogen-bond acceptors (Lipinski definition) is 4. The monoisotopic (exact) mass is 504 g/mol. The van der Waals surface area contributed by atoms with Gasteiger partial charge in [-0.2, -0.15) is 0 Å². The Hall–Kier alpha value is -1.48. The fourth-order valence-electron chi connectivity index (χ4n) is 2.85. The average molecular weight is 504 g/mol. The molecular weight excluding hydrogens is 467 g/mol. The van der Waals surface area contributed by atoms with E-state index in [9.17, 15) is 0 Å². The number of halogens is 1. The van der Waals surface area contributed by atoms with Crippen molar-refractivity contribution in [1.29, 1.82) is 0 Å². The molecule has 28 heavy (non-hydrogen) atoms. The van der Waals surface area contributed by atoms with E-state index >= 15 is 0 Å². The first-order chi connectivity index (χ1) is 13.0. The molecular formula is C21H37IN4O2. The summed E-state index contributed by atoms with van der Waals surface area (Å²) in [6.45, 7) is 8.31. The molecule has 0 saturated heterocycles. The predicted octanol–water partition coefficient (Wildman–Crippen LogP) is 3.79. The summed E-state index contributed by atoms with van der Waals surface area (Å²) in [5, 5.41) is 3.38. The zero-order valence-electron chi connectivity index (χ0n) is 18.2. The van der Waals surface area contributed by atoms with Gasteiger partial charge in [-0.05, 0) is 51.6 Å². The van der Waals surface area contributed by atoms with E-state index in [2.05, 4.69) is 55.8 Å². The minimum Gasteiger partial charge on any atom is -0.493 e. The van der Waals surface area contributed by atoms with Gasteiger partial charge >= 0.3 is 0 Å². The van der Waals surface area contributed by atoms with Crippen LogP contribution in [0.1, 0.15) is 31.4 Å². The van der Waals surface area contributed by atoms with Gasteiger partial charge in [0.25, 0.3) is 0 Å². The minimum atomic E-state index is 0. The maximum atomic E-state index is 5.46. The van der Waals surface area contributed by atoms with Gasteiger partial charge in [0.15, 0.2) is 17.5 Å². The molecule has 1 N–H and O–H groups in total. The van der Waals surface area contributed by atoms with E-state index in [1.165, 1.54) is 0 Å². The number of rotatable bonds is 11. The molecule has 0 aliphatic rings. The molecule has 0 amide bonds. The lowest BCUT2D eigenvalue weighted by molar-refractivity contribution is 0.302. The van der Waals surface area contributed by atoms with Crippen LogP contribution in [0.3, 0.4) is 0 Å². The third kappa shape index (κ3) is 8.26. The third-order valence-electron chi connectivity index (χ3n) is 4.43. The molecule has 0 heterocycles. The van der Waals surface area contributed by atoms with Crippen molar-refractivity contribution in [3.05, 3.63) is 36.4 Å². The van der Waals surface area contributed by atoms with Crippen LogP contribution < -0.4 is 14.8 Å². The van der Waals surface area contributed by atoms with Crippen molar-refractivity contribution >= 4 is 29.9 Å². The van der Waals surface area contributed by atoms with E-state index in [0.717, 1.165) is 49.0 Å². The lowest BCUT2D eigenvalue weighted by atomic mass is 10.1. The second-order valence-electron chi connectivity index (χ2n) is 6.64. The van der Waals surface area contributed by atoms with Crippen LogP contribution in [0, 0.1) is 0 Å². The number of benzene rings is 1. The number of nitrogens with zero attached hydrogens (tertiary/aromatic N) is 3. The van der Waals surface area contributed by atoms with E-state index in [0.29, 0.717) is 6.54 Å². The Kier molecular flexibility index (Phi) is 13.7. The Morgan fingerprint density at radius 2 is 1.89 bits per heavy atom. The molecule has 1 aromatic rings. The van der Waals surface area contributed by atoms with E-state index in [4.69, 9.17) is 14.5 Å².